The molecule has 9 heteroatoms. The lowest BCUT2D eigenvalue weighted by Gasteiger charge is -2.13. The third kappa shape index (κ3) is 4.52. The molecule has 176 valence electrons. The van der Waals surface area contributed by atoms with Crippen molar-refractivity contribution in [3.63, 3.8) is 0 Å². The molecule has 2 heterocycles. The van der Waals surface area contributed by atoms with Gasteiger partial charge in [0.05, 0.1) is 27.0 Å². The molecule has 2 aromatic carbocycles. The molecule has 0 atom stereocenters. The fraction of sp³-hybridized carbons (Fsp3) is 0.154. The van der Waals surface area contributed by atoms with Crippen LogP contribution in [0.1, 0.15) is 50.8 Å². The quantitative estimate of drug-likeness (QED) is 0.323. The molecule has 0 saturated carbocycles. The normalized spacial score (nSPS) is 14.1. The number of hydrazone groups is 1. The van der Waals surface area contributed by atoms with E-state index in [-0.39, 0.29) is 16.5 Å². The number of anilines is 1. The number of fused-ring (bicyclic) bond motifs is 2. The minimum Gasteiger partial charge on any atom is -0.455 e. The number of nitrogens with zero attached hydrogens (tertiary/aromatic N) is 2. The van der Waals surface area contributed by atoms with Gasteiger partial charge in [0.25, 0.3) is 11.8 Å². The minimum absolute atomic E-state index is 0.170. The van der Waals surface area contributed by atoms with Crippen molar-refractivity contribution in [1.29, 1.82) is 0 Å². The number of carbonyl (C=O) groups is 2. The van der Waals surface area contributed by atoms with Crippen molar-refractivity contribution in [2.45, 2.75) is 26.2 Å². The summed E-state index contributed by atoms with van der Waals surface area (Å²) in [5.41, 5.74) is 6.04. The molecule has 2 aromatic heterocycles. The number of carbonyl (C=O) groups excluding carboxylic acids is 2. The zero-order valence-electron chi connectivity index (χ0n) is 18.7. The average Bonchev–Trinajstić information content (AvgIpc) is 3.22. The number of hydrogen-bond acceptors (Lipinski definition) is 5. The smallest absolute Gasteiger partial charge is 0.291 e. The molecule has 0 spiro atoms. The standard InChI is InChI=1S/C26H20Cl2N4O3/c1-14-22-18(31-32-25(33)20-13-12-15-6-2-3-8-17(15)29-20)9-5-11-21(22)35-24(14)26(34)30-19-10-4-7-16(27)23(19)28/h2-4,6-8,10,12-13H,5,9,11H2,1H3,(H,30,34)(H,32,33)/b31-18+. The molecule has 0 radical (unpaired) electrons. The Morgan fingerprint density at radius 2 is 1.83 bits per heavy atom. The van der Waals surface area contributed by atoms with Crippen LogP contribution in [0.25, 0.3) is 10.9 Å². The van der Waals surface area contributed by atoms with Gasteiger partial charge in [-0.15, -0.1) is 0 Å². The summed E-state index contributed by atoms with van der Waals surface area (Å²) < 4.78 is 5.92. The van der Waals surface area contributed by atoms with E-state index in [1.807, 2.05) is 30.3 Å². The Bertz CT molecular complexity index is 1510. The number of amides is 2. The zero-order chi connectivity index (χ0) is 24.5. The monoisotopic (exact) mass is 506 g/mol. The fourth-order valence-electron chi connectivity index (χ4n) is 4.14. The van der Waals surface area contributed by atoms with Crippen molar-refractivity contribution in [1.82, 2.24) is 10.4 Å². The molecular weight excluding hydrogens is 487 g/mol. The molecule has 0 aliphatic heterocycles. The Hall–Kier alpha value is -3.68. The Morgan fingerprint density at radius 3 is 2.69 bits per heavy atom. The second kappa shape index (κ2) is 9.52. The Balaban J connectivity index is 1.39. The van der Waals surface area contributed by atoms with E-state index in [1.165, 1.54) is 0 Å². The largest absolute Gasteiger partial charge is 0.455 e. The summed E-state index contributed by atoms with van der Waals surface area (Å²) in [5.74, 6) is -0.0222. The topological polar surface area (TPSA) is 96.6 Å². The van der Waals surface area contributed by atoms with Gasteiger partial charge >= 0.3 is 0 Å². The first-order valence-electron chi connectivity index (χ1n) is 11.0. The maximum Gasteiger partial charge on any atom is 0.291 e. The molecule has 4 aromatic rings. The predicted octanol–water partition coefficient (Wildman–Crippen LogP) is 6.17. The third-order valence-electron chi connectivity index (χ3n) is 5.86. The second-order valence-electron chi connectivity index (χ2n) is 8.15. The third-order valence-corrected chi connectivity index (χ3v) is 6.67. The lowest BCUT2D eigenvalue weighted by atomic mass is 9.93. The first kappa shape index (κ1) is 23.1. The van der Waals surface area contributed by atoms with E-state index >= 15 is 0 Å². The van der Waals surface area contributed by atoms with Crippen molar-refractivity contribution >= 4 is 57.3 Å². The van der Waals surface area contributed by atoms with Crippen LogP contribution in [-0.4, -0.2) is 22.5 Å². The lowest BCUT2D eigenvalue weighted by Crippen LogP contribution is -2.23. The number of halogens is 2. The van der Waals surface area contributed by atoms with E-state index in [9.17, 15) is 9.59 Å². The number of nitrogens with one attached hydrogen (secondary N) is 2. The number of pyridine rings is 1. The maximum absolute atomic E-state index is 13.0. The van der Waals surface area contributed by atoms with Gasteiger partial charge in [0.15, 0.2) is 5.76 Å². The number of para-hydroxylation sites is 1. The van der Waals surface area contributed by atoms with E-state index < -0.39 is 11.8 Å². The van der Waals surface area contributed by atoms with Crippen LogP contribution in [0.4, 0.5) is 5.69 Å². The zero-order valence-corrected chi connectivity index (χ0v) is 20.2. The Kier molecular flexibility index (Phi) is 6.28. The van der Waals surface area contributed by atoms with Gasteiger partial charge < -0.3 is 9.73 Å². The molecule has 0 bridgehead atoms. The molecule has 35 heavy (non-hydrogen) atoms. The summed E-state index contributed by atoms with van der Waals surface area (Å²) >= 11 is 12.2. The number of benzene rings is 2. The molecule has 1 aliphatic rings. The minimum atomic E-state index is -0.440. The van der Waals surface area contributed by atoms with Crippen molar-refractivity contribution in [2.75, 3.05) is 5.32 Å². The fourth-order valence-corrected chi connectivity index (χ4v) is 4.49. The van der Waals surface area contributed by atoms with Gasteiger partial charge in [-0.1, -0.05) is 53.5 Å². The number of aryl methyl sites for hydroxylation is 1. The summed E-state index contributed by atoms with van der Waals surface area (Å²) in [5, 5.41) is 8.66. The van der Waals surface area contributed by atoms with Crippen molar-refractivity contribution < 1.29 is 14.0 Å². The van der Waals surface area contributed by atoms with Crippen LogP contribution in [0.5, 0.6) is 0 Å². The van der Waals surface area contributed by atoms with E-state index in [1.54, 1.807) is 31.2 Å². The highest BCUT2D eigenvalue weighted by atomic mass is 35.5. The highest BCUT2D eigenvalue weighted by molar-refractivity contribution is 6.44. The predicted molar refractivity (Wildman–Crippen MR) is 137 cm³/mol. The summed E-state index contributed by atoms with van der Waals surface area (Å²) in [4.78, 5) is 30.1. The van der Waals surface area contributed by atoms with Gasteiger partial charge in [-0.3, -0.25) is 9.59 Å². The van der Waals surface area contributed by atoms with Gasteiger partial charge in [-0.05, 0) is 44.0 Å². The van der Waals surface area contributed by atoms with Crippen LogP contribution >= 0.6 is 23.2 Å². The number of rotatable bonds is 4. The molecule has 0 fully saturated rings. The molecular formula is C26H20Cl2N4O3. The van der Waals surface area contributed by atoms with Crippen LogP contribution in [0.2, 0.25) is 10.0 Å². The van der Waals surface area contributed by atoms with Crippen molar-refractivity contribution in [3.8, 4) is 0 Å². The summed E-state index contributed by atoms with van der Waals surface area (Å²) in [6.07, 6.45) is 2.09. The Morgan fingerprint density at radius 1 is 1.00 bits per heavy atom. The number of hydrogen-bond donors (Lipinski definition) is 2. The summed E-state index contributed by atoms with van der Waals surface area (Å²) in [7, 11) is 0. The van der Waals surface area contributed by atoms with E-state index in [0.717, 1.165) is 22.9 Å². The first-order valence-corrected chi connectivity index (χ1v) is 11.8. The van der Waals surface area contributed by atoms with Gasteiger partial charge in [0.2, 0.25) is 0 Å². The first-order chi connectivity index (χ1) is 16.9. The van der Waals surface area contributed by atoms with E-state index in [4.69, 9.17) is 27.6 Å². The number of aromatic nitrogens is 1. The van der Waals surface area contributed by atoms with Crippen LogP contribution < -0.4 is 10.7 Å². The van der Waals surface area contributed by atoms with Gasteiger partial charge in [-0.25, -0.2) is 10.4 Å². The molecule has 2 amide bonds. The van der Waals surface area contributed by atoms with Crippen LogP contribution in [0.15, 0.2) is 64.1 Å². The van der Waals surface area contributed by atoms with Crippen LogP contribution in [0, 0.1) is 6.92 Å². The molecule has 5 rings (SSSR count). The number of furan rings is 1. The van der Waals surface area contributed by atoms with Gasteiger partial charge in [0.1, 0.15) is 11.5 Å². The highest BCUT2D eigenvalue weighted by Gasteiger charge is 2.28. The van der Waals surface area contributed by atoms with Gasteiger partial charge in [0, 0.05) is 22.9 Å². The highest BCUT2D eigenvalue weighted by Crippen LogP contribution is 2.33. The molecule has 2 N–H and O–H groups in total. The van der Waals surface area contributed by atoms with Crippen LogP contribution in [-0.2, 0) is 6.42 Å². The molecule has 7 nitrogen and oxygen atoms in total. The Labute approximate surface area is 211 Å². The van der Waals surface area contributed by atoms with Gasteiger partial charge in [-0.2, -0.15) is 5.10 Å². The second-order valence-corrected chi connectivity index (χ2v) is 8.94. The molecule has 0 unspecified atom stereocenters. The molecule has 0 saturated heterocycles. The lowest BCUT2D eigenvalue weighted by molar-refractivity contribution is 0.0949. The maximum atomic E-state index is 13.0. The summed E-state index contributed by atoms with van der Waals surface area (Å²) in [6.45, 7) is 1.80. The average molecular weight is 507 g/mol. The van der Waals surface area contributed by atoms with Crippen molar-refractivity contribution in [3.05, 3.63) is 93.0 Å². The van der Waals surface area contributed by atoms with E-state index in [2.05, 4.69) is 20.8 Å². The summed E-state index contributed by atoms with van der Waals surface area (Å²) in [6, 6.07) is 16.1. The SMILES string of the molecule is Cc1c(C(=O)Nc2cccc(Cl)c2Cl)oc2c1/C(=N/NC(=O)c1ccc3ccccc3n1)CCC2. The van der Waals surface area contributed by atoms with Crippen molar-refractivity contribution in [2.24, 2.45) is 5.10 Å². The van der Waals surface area contributed by atoms with E-state index in [0.29, 0.717) is 40.6 Å². The van der Waals surface area contributed by atoms with Crippen LogP contribution in [0.3, 0.4) is 0 Å². The molecule has 1 aliphatic carbocycles.